The second kappa shape index (κ2) is 3.78. The lowest BCUT2D eigenvalue weighted by molar-refractivity contribution is 0.140. The average Bonchev–Trinajstić information content (AvgIpc) is 2.32. The molecule has 1 rings (SSSR count). The molecule has 3 heteroatoms. The summed E-state index contributed by atoms with van der Waals surface area (Å²) in [4.78, 5) is 2.28. The zero-order valence-corrected chi connectivity index (χ0v) is 8.49. The Kier molecular flexibility index (Phi) is 2.95. The van der Waals surface area contributed by atoms with E-state index in [4.69, 9.17) is 0 Å². The Bertz CT molecular complexity index is 165. The first kappa shape index (κ1) is 9.36. The Labute approximate surface area is 75.0 Å². The lowest BCUT2D eigenvalue weighted by Gasteiger charge is -2.28. The molecule has 12 heavy (non-hydrogen) atoms. The molecule has 0 aromatic heterocycles. The third kappa shape index (κ3) is 1.90. The smallest absolute Gasteiger partial charge is 0.119 e. The van der Waals surface area contributed by atoms with Crippen LogP contribution < -0.4 is 0 Å². The van der Waals surface area contributed by atoms with Crippen LogP contribution in [0.15, 0.2) is 5.10 Å². The van der Waals surface area contributed by atoms with Crippen LogP contribution in [0.5, 0.6) is 0 Å². The minimum Gasteiger partial charge on any atom is -0.340 e. The van der Waals surface area contributed by atoms with Crippen LogP contribution in [0.4, 0.5) is 0 Å². The van der Waals surface area contributed by atoms with Gasteiger partial charge in [0.1, 0.15) is 12.5 Å². The number of rotatable bonds is 3. The number of hydrogen-bond donors (Lipinski definition) is 0. The summed E-state index contributed by atoms with van der Waals surface area (Å²) in [5.74, 6) is 0.730. The van der Waals surface area contributed by atoms with E-state index in [0.717, 1.165) is 12.5 Å². The van der Waals surface area contributed by atoms with Gasteiger partial charge in [0.2, 0.25) is 0 Å². The Morgan fingerprint density at radius 1 is 1.50 bits per heavy atom. The molecule has 70 valence electrons. The molecule has 0 saturated carbocycles. The molecule has 0 amide bonds. The van der Waals surface area contributed by atoms with Crippen LogP contribution >= 0.6 is 0 Å². The summed E-state index contributed by atoms with van der Waals surface area (Å²) in [6.45, 7) is 7.71. The van der Waals surface area contributed by atoms with E-state index < -0.39 is 0 Å². The summed E-state index contributed by atoms with van der Waals surface area (Å²) in [5.41, 5.74) is 0. The summed E-state index contributed by atoms with van der Waals surface area (Å²) in [5, 5.41) is 6.30. The molecule has 1 heterocycles. The van der Waals surface area contributed by atoms with E-state index in [2.05, 4.69) is 30.8 Å². The van der Waals surface area contributed by atoms with E-state index in [1.54, 1.807) is 0 Å². The van der Waals surface area contributed by atoms with Crippen LogP contribution in [-0.4, -0.2) is 36.0 Å². The van der Waals surface area contributed by atoms with Gasteiger partial charge in [0, 0.05) is 13.6 Å². The van der Waals surface area contributed by atoms with Crippen molar-refractivity contribution in [2.75, 3.05) is 13.6 Å². The minimum absolute atomic E-state index is 0.481. The van der Waals surface area contributed by atoms with Gasteiger partial charge in [-0.05, 0) is 19.3 Å². The summed E-state index contributed by atoms with van der Waals surface area (Å²) in [7, 11) is 2.04. The fraction of sp³-hybridized carbons (Fsp3) is 0.889. The molecule has 0 bridgehead atoms. The summed E-state index contributed by atoms with van der Waals surface area (Å²) >= 11 is 0. The van der Waals surface area contributed by atoms with Crippen LogP contribution in [0.25, 0.3) is 0 Å². The maximum absolute atomic E-state index is 4.26. The third-order valence-electron chi connectivity index (χ3n) is 2.24. The fourth-order valence-corrected chi connectivity index (χ4v) is 1.52. The molecule has 0 aromatic rings. The highest BCUT2D eigenvalue weighted by Gasteiger charge is 2.23. The molecule has 1 atom stereocenters. The Morgan fingerprint density at radius 2 is 2.17 bits per heavy atom. The first-order valence-corrected chi connectivity index (χ1v) is 4.67. The van der Waals surface area contributed by atoms with Crippen molar-refractivity contribution in [1.82, 2.24) is 9.91 Å². The highest BCUT2D eigenvalue weighted by atomic mass is 15.6. The van der Waals surface area contributed by atoms with E-state index in [1.165, 1.54) is 6.42 Å². The van der Waals surface area contributed by atoms with Crippen molar-refractivity contribution < 1.29 is 0 Å². The zero-order valence-electron chi connectivity index (χ0n) is 8.49. The maximum atomic E-state index is 4.26. The molecule has 0 spiro atoms. The van der Waals surface area contributed by atoms with Crippen molar-refractivity contribution >= 4 is 6.34 Å². The molecule has 0 fully saturated rings. The molecule has 1 aliphatic rings. The normalized spacial score (nSPS) is 22.9. The van der Waals surface area contributed by atoms with Crippen LogP contribution in [0.1, 0.15) is 27.2 Å². The van der Waals surface area contributed by atoms with Crippen LogP contribution in [0.3, 0.4) is 0 Å². The topological polar surface area (TPSA) is 18.8 Å². The summed E-state index contributed by atoms with van der Waals surface area (Å²) in [6.07, 6.45) is 3.60. The first-order chi connectivity index (χ1) is 5.65. The number of hydrazone groups is 1. The van der Waals surface area contributed by atoms with Gasteiger partial charge >= 0.3 is 0 Å². The van der Waals surface area contributed by atoms with Crippen molar-refractivity contribution in [2.24, 2.45) is 11.0 Å². The molecular weight excluding hydrogens is 150 g/mol. The molecule has 1 aliphatic heterocycles. The molecule has 0 aliphatic carbocycles. The predicted molar refractivity (Wildman–Crippen MR) is 51.9 cm³/mol. The Morgan fingerprint density at radius 3 is 2.67 bits per heavy atom. The average molecular weight is 169 g/mol. The fourth-order valence-electron chi connectivity index (χ4n) is 1.52. The van der Waals surface area contributed by atoms with Crippen molar-refractivity contribution in [1.29, 1.82) is 0 Å². The molecule has 0 radical (unpaired) electrons. The largest absolute Gasteiger partial charge is 0.340 e. The molecule has 0 aromatic carbocycles. The van der Waals surface area contributed by atoms with Crippen LogP contribution in [0, 0.1) is 5.92 Å². The van der Waals surface area contributed by atoms with Crippen molar-refractivity contribution in [3.63, 3.8) is 0 Å². The van der Waals surface area contributed by atoms with E-state index in [1.807, 2.05) is 18.4 Å². The second-order valence-corrected chi connectivity index (χ2v) is 3.75. The molecule has 0 saturated heterocycles. The van der Waals surface area contributed by atoms with Crippen LogP contribution in [-0.2, 0) is 0 Å². The van der Waals surface area contributed by atoms with E-state index >= 15 is 0 Å². The SMILES string of the molecule is CCN1C=NN(C)C1CC(C)C. The number of hydrogen-bond acceptors (Lipinski definition) is 3. The van der Waals surface area contributed by atoms with Gasteiger partial charge in [0.15, 0.2) is 0 Å². The third-order valence-corrected chi connectivity index (χ3v) is 2.24. The monoisotopic (exact) mass is 169 g/mol. The van der Waals surface area contributed by atoms with Gasteiger partial charge in [0.05, 0.1) is 0 Å². The minimum atomic E-state index is 0.481. The first-order valence-electron chi connectivity index (χ1n) is 4.67. The molecule has 1 unspecified atom stereocenters. The molecule has 0 N–H and O–H groups in total. The molecular formula is C9H19N3. The highest BCUT2D eigenvalue weighted by Crippen LogP contribution is 2.17. The summed E-state index contributed by atoms with van der Waals surface area (Å²) < 4.78 is 0. The maximum Gasteiger partial charge on any atom is 0.119 e. The zero-order chi connectivity index (χ0) is 9.14. The lowest BCUT2D eigenvalue weighted by Crippen LogP contribution is -2.38. The van der Waals surface area contributed by atoms with Gasteiger partial charge < -0.3 is 4.90 Å². The van der Waals surface area contributed by atoms with Gasteiger partial charge in [0.25, 0.3) is 0 Å². The van der Waals surface area contributed by atoms with Crippen LogP contribution in [0.2, 0.25) is 0 Å². The van der Waals surface area contributed by atoms with E-state index in [0.29, 0.717) is 6.17 Å². The van der Waals surface area contributed by atoms with Gasteiger partial charge in [-0.1, -0.05) is 13.8 Å². The second-order valence-electron chi connectivity index (χ2n) is 3.75. The van der Waals surface area contributed by atoms with Crippen molar-refractivity contribution in [2.45, 2.75) is 33.4 Å². The van der Waals surface area contributed by atoms with Gasteiger partial charge in [-0.15, -0.1) is 0 Å². The van der Waals surface area contributed by atoms with Gasteiger partial charge in [-0.3, -0.25) is 5.01 Å². The van der Waals surface area contributed by atoms with Crippen molar-refractivity contribution in [3.05, 3.63) is 0 Å². The quantitative estimate of drug-likeness (QED) is 0.638. The van der Waals surface area contributed by atoms with E-state index in [9.17, 15) is 0 Å². The Balaban J connectivity index is 2.50. The lowest BCUT2D eigenvalue weighted by atomic mass is 10.1. The highest BCUT2D eigenvalue weighted by molar-refractivity contribution is 5.56. The Hall–Kier alpha value is -0.730. The van der Waals surface area contributed by atoms with Crippen molar-refractivity contribution in [3.8, 4) is 0 Å². The standard InChI is InChI=1S/C9H19N3/c1-5-12-7-10-11(4)9(12)6-8(2)3/h7-9H,5-6H2,1-4H3. The van der Waals surface area contributed by atoms with E-state index in [-0.39, 0.29) is 0 Å². The predicted octanol–water partition coefficient (Wildman–Crippen LogP) is 1.57. The summed E-state index contributed by atoms with van der Waals surface area (Å²) in [6, 6.07) is 0. The molecule has 3 nitrogen and oxygen atoms in total. The number of nitrogens with zero attached hydrogens (tertiary/aromatic N) is 3. The van der Waals surface area contributed by atoms with Gasteiger partial charge in [-0.25, -0.2) is 0 Å². The van der Waals surface area contributed by atoms with Gasteiger partial charge in [-0.2, -0.15) is 5.10 Å².